The van der Waals surface area contributed by atoms with Crippen LogP contribution in [0, 0.1) is 0 Å². The van der Waals surface area contributed by atoms with Crippen molar-refractivity contribution in [2.24, 2.45) is 0 Å². The Labute approximate surface area is 205 Å². The molecule has 0 unspecified atom stereocenters. The molecule has 2 aromatic carbocycles. The van der Waals surface area contributed by atoms with Crippen molar-refractivity contribution in [3.8, 4) is 33.9 Å². The lowest BCUT2D eigenvalue weighted by molar-refractivity contribution is 0.0726. The molecule has 0 aliphatic carbocycles. The van der Waals surface area contributed by atoms with Gasteiger partial charge in [-0.3, -0.25) is 0 Å². The van der Waals surface area contributed by atoms with Crippen molar-refractivity contribution in [3.05, 3.63) is 60.3 Å². The third-order valence-corrected chi connectivity index (χ3v) is 7.79. The predicted octanol–water partition coefficient (Wildman–Crippen LogP) is 6.71. The summed E-state index contributed by atoms with van der Waals surface area (Å²) in [7, 11) is 3.03. The molecule has 0 atom stereocenters. The highest BCUT2D eigenvalue weighted by Crippen LogP contribution is 2.47. The van der Waals surface area contributed by atoms with Gasteiger partial charge in [0, 0.05) is 43.7 Å². The molecule has 1 aromatic heterocycles. The van der Waals surface area contributed by atoms with Gasteiger partial charge in [-0.2, -0.15) is 0 Å². The van der Waals surface area contributed by atoms with Crippen LogP contribution in [0.2, 0.25) is 25.7 Å². The summed E-state index contributed by atoms with van der Waals surface area (Å²) < 4.78 is 21.0. The molecule has 4 rings (SSSR count). The van der Waals surface area contributed by atoms with Crippen LogP contribution in [-0.4, -0.2) is 51.4 Å². The molecule has 0 saturated heterocycles. The topological polar surface area (TPSA) is 35.9 Å². The minimum absolute atomic E-state index is 0.507. The maximum Gasteiger partial charge on any atom is 0.136 e. The summed E-state index contributed by atoms with van der Waals surface area (Å²) >= 11 is 0. The van der Waals surface area contributed by atoms with Gasteiger partial charge in [0.2, 0.25) is 0 Å². The number of rotatable bonds is 11. The van der Waals surface area contributed by atoms with E-state index in [-0.39, 0.29) is 0 Å². The van der Waals surface area contributed by atoms with E-state index in [1.807, 2.05) is 24.3 Å². The van der Waals surface area contributed by atoms with Gasteiger partial charge in [0.25, 0.3) is 0 Å². The van der Waals surface area contributed by atoms with Crippen molar-refractivity contribution >= 4 is 8.07 Å². The number of hydrogen-bond donors (Lipinski definition) is 0. The van der Waals surface area contributed by atoms with Gasteiger partial charge in [0.1, 0.15) is 18.2 Å². The van der Waals surface area contributed by atoms with Crippen LogP contribution in [0.1, 0.15) is 12.1 Å². The Balaban J connectivity index is 1.69. The Bertz CT molecular complexity index is 1100. The van der Waals surface area contributed by atoms with E-state index >= 15 is 0 Å². The lowest BCUT2D eigenvalue weighted by Gasteiger charge is -2.18. The van der Waals surface area contributed by atoms with Gasteiger partial charge in [-0.15, -0.1) is 0 Å². The summed E-state index contributed by atoms with van der Waals surface area (Å²) in [5.74, 6) is 1.75. The average molecular weight is 479 g/mol. The Kier molecular flexibility index (Phi) is 7.94. The SMILES string of the molecule is CN(C)CCCOCc1cc2c(n1COCC[Si](C)(C)C)-c1ccccc1Oc1ccccc1-2. The van der Waals surface area contributed by atoms with Crippen LogP contribution >= 0.6 is 0 Å². The number of para-hydroxylation sites is 2. The van der Waals surface area contributed by atoms with Crippen molar-refractivity contribution in [3.63, 3.8) is 0 Å². The van der Waals surface area contributed by atoms with Gasteiger partial charge < -0.3 is 23.7 Å². The number of benzene rings is 2. The molecular formula is C28H38N2O3Si. The number of aromatic nitrogens is 1. The van der Waals surface area contributed by atoms with Crippen molar-refractivity contribution in [2.75, 3.05) is 33.9 Å². The standard InChI is InChI=1S/C28H38N2O3Si/c1-29(2)15-10-16-31-20-22-19-25-23-11-6-8-13-26(23)33-27-14-9-7-12-24(27)28(25)30(22)21-32-17-18-34(3,4)5/h6-9,11-14,19H,10,15-18,20-21H2,1-5H3. The molecule has 1 aliphatic heterocycles. The van der Waals surface area contributed by atoms with Gasteiger partial charge in [-0.05, 0) is 57.4 Å². The summed E-state index contributed by atoms with van der Waals surface area (Å²) in [5, 5.41) is 0. The first-order chi connectivity index (χ1) is 16.3. The summed E-state index contributed by atoms with van der Waals surface area (Å²) in [4.78, 5) is 2.19. The zero-order valence-electron chi connectivity index (χ0n) is 21.3. The van der Waals surface area contributed by atoms with Crippen LogP contribution in [0.4, 0.5) is 0 Å². The van der Waals surface area contributed by atoms with Crippen molar-refractivity contribution in [1.29, 1.82) is 0 Å². The molecular weight excluding hydrogens is 440 g/mol. The molecule has 0 N–H and O–H groups in total. The summed E-state index contributed by atoms with van der Waals surface area (Å²) in [6.45, 7) is 10.8. The predicted molar refractivity (Wildman–Crippen MR) is 142 cm³/mol. The van der Waals surface area contributed by atoms with Crippen LogP contribution in [0.3, 0.4) is 0 Å². The van der Waals surface area contributed by atoms with E-state index in [0.29, 0.717) is 13.3 Å². The minimum atomic E-state index is -1.16. The second-order valence-electron chi connectivity index (χ2n) is 10.5. The smallest absolute Gasteiger partial charge is 0.136 e. The van der Waals surface area contributed by atoms with Crippen LogP contribution in [0.5, 0.6) is 11.5 Å². The van der Waals surface area contributed by atoms with Crippen molar-refractivity contribution in [2.45, 2.75) is 45.4 Å². The highest BCUT2D eigenvalue weighted by Gasteiger charge is 2.26. The maximum atomic E-state index is 6.36. The normalized spacial score (nSPS) is 12.6. The average Bonchev–Trinajstić information content (AvgIpc) is 3.07. The van der Waals surface area contributed by atoms with Gasteiger partial charge in [-0.1, -0.05) is 50.0 Å². The first kappa shape index (κ1) is 24.7. The lowest BCUT2D eigenvalue weighted by atomic mass is 10.0. The van der Waals surface area contributed by atoms with E-state index < -0.39 is 8.07 Å². The monoisotopic (exact) mass is 478 g/mol. The van der Waals surface area contributed by atoms with E-state index in [4.69, 9.17) is 14.2 Å². The number of nitrogens with zero attached hydrogens (tertiary/aromatic N) is 2. The van der Waals surface area contributed by atoms with E-state index in [1.54, 1.807) is 0 Å². The van der Waals surface area contributed by atoms with Crippen molar-refractivity contribution in [1.82, 2.24) is 9.47 Å². The quantitative estimate of drug-likeness (QED) is 0.177. The molecule has 1 aliphatic rings. The zero-order chi connectivity index (χ0) is 24.1. The Morgan fingerprint density at radius 1 is 0.853 bits per heavy atom. The molecule has 34 heavy (non-hydrogen) atoms. The molecule has 0 fully saturated rings. The fraction of sp³-hybridized carbons (Fsp3) is 0.429. The summed E-state index contributed by atoms with van der Waals surface area (Å²) in [6.07, 6.45) is 1.01. The van der Waals surface area contributed by atoms with Gasteiger partial charge in [0.15, 0.2) is 0 Å². The molecule has 0 bridgehead atoms. The highest BCUT2D eigenvalue weighted by molar-refractivity contribution is 6.76. The lowest BCUT2D eigenvalue weighted by Crippen LogP contribution is -2.22. The van der Waals surface area contributed by atoms with E-state index in [1.165, 1.54) is 5.56 Å². The number of fused-ring (bicyclic) bond motifs is 5. The summed E-state index contributed by atoms with van der Waals surface area (Å²) in [6, 6.07) is 20.0. The molecule has 6 heteroatoms. The largest absolute Gasteiger partial charge is 0.456 e. The van der Waals surface area contributed by atoms with Crippen LogP contribution in [0.15, 0.2) is 54.6 Å². The first-order valence-corrected chi connectivity index (χ1v) is 15.9. The molecule has 3 aromatic rings. The molecule has 2 heterocycles. The van der Waals surface area contributed by atoms with Gasteiger partial charge >= 0.3 is 0 Å². The molecule has 182 valence electrons. The second-order valence-corrected chi connectivity index (χ2v) is 16.1. The van der Waals surface area contributed by atoms with Crippen LogP contribution < -0.4 is 4.74 Å². The number of hydrogen-bond acceptors (Lipinski definition) is 4. The van der Waals surface area contributed by atoms with Gasteiger partial charge in [0.05, 0.1) is 12.3 Å². The van der Waals surface area contributed by atoms with E-state index in [0.717, 1.165) is 66.2 Å². The summed E-state index contributed by atoms with van der Waals surface area (Å²) in [5.41, 5.74) is 5.63. The highest BCUT2D eigenvalue weighted by atomic mass is 28.3. The minimum Gasteiger partial charge on any atom is -0.456 e. The Morgan fingerprint density at radius 3 is 2.24 bits per heavy atom. The van der Waals surface area contributed by atoms with E-state index in [9.17, 15) is 0 Å². The molecule has 0 amide bonds. The third-order valence-electron chi connectivity index (χ3n) is 6.08. The molecule has 0 spiro atoms. The number of ether oxygens (including phenoxy) is 3. The maximum absolute atomic E-state index is 6.36. The fourth-order valence-corrected chi connectivity index (χ4v) is 4.96. The van der Waals surface area contributed by atoms with Crippen LogP contribution in [0.25, 0.3) is 22.4 Å². The molecule has 5 nitrogen and oxygen atoms in total. The van der Waals surface area contributed by atoms with Gasteiger partial charge in [-0.25, -0.2) is 0 Å². The third kappa shape index (κ3) is 5.99. The van der Waals surface area contributed by atoms with Crippen molar-refractivity contribution < 1.29 is 14.2 Å². The molecule has 0 saturated carbocycles. The fourth-order valence-electron chi connectivity index (χ4n) is 4.21. The molecule has 0 radical (unpaired) electrons. The Hall–Kier alpha value is -2.38. The first-order valence-electron chi connectivity index (χ1n) is 12.2. The van der Waals surface area contributed by atoms with Crippen LogP contribution in [-0.2, 0) is 22.8 Å². The van der Waals surface area contributed by atoms with E-state index in [2.05, 4.69) is 73.5 Å². The Morgan fingerprint density at radius 2 is 1.53 bits per heavy atom. The second kappa shape index (κ2) is 10.9. The zero-order valence-corrected chi connectivity index (χ0v) is 22.3.